The van der Waals surface area contributed by atoms with Gasteiger partial charge in [-0.05, 0) is 36.4 Å². The lowest BCUT2D eigenvalue weighted by Crippen LogP contribution is -2.02. The van der Waals surface area contributed by atoms with Crippen molar-refractivity contribution in [1.29, 1.82) is 0 Å². The van der Waals surface area contributed by atoms with Crippen molar-refractivity contribution in [2.45, 2.75) is 0 Å². The number of hydrogen-bond acceptors (Lipinski definition) is 4. The molecule has 0 spiro atoms. The van der Waals surface area contributed by atoms with Gasteiger partial charge in [-0.1, -0.05) is 18.2 Å². The molecule has 0 atom stereocenters. The third-order valence-corrected chi connectivity index (χ3v) is 3.01. The van der Waals surface area contributed by atoms with Crippen LogP contribution in [0.3, 0.4) is 0 Å². The molecule has 0 bridgehead atoms. The Morgan fingerprint density at radius 3 is 2.52 bits per heavy atom. The Morgan fingerprint density at radius 1 is 1.05 bits per heavy atom. The van der Waals surface area contributed by atoms with Gasteiger partial charge < -0.3 is 15.6 Å². The molecule has 5 nitrogen and oxygen atoms in total. The van der Waals surface area contributed by atoms with Crippen molar-refractivity contribution in [3.8, 4) is 11.5 Å². The third kappa shape index (κ3) is 2.62. The standard InChI is InChI=1S/C16H12N2O3/c17-13-9-15(16(19)20)18-14-7-6-11(8-12(13)14)21-10-4-2-1-3-5-10/h1-9H,(H2,17,18)(H,19,20). The summed E-state index contributed by atoms with van der Waals surface area (Å²) in [5.41, 5.74) is 6.70. The summed E-state index contributed by atoms with van der Waals surface area (Å²) in [5, 5.41) is 9.64. The predicted molar refractivity (Wildman–Crippen MR) is 79.6 cm³/mol. The zero-order valence-electron chi connectivity index (χ0n) is 11.0. The smallest absolute Gasteiger partial charge is 0.354 e. The summed E-state index contributed by atoms with van der Waals surface area (Å²) < 4.78 is 5.72. The highest BCUT2D eigenvalue weighted by Crippen LogP contribution is 2.28. The third-order valence-electron chi connectivity index (χ3n) is 3.01. The Kier molecular flexibility index (Phi) is 3.16. The first kappa shape index (κ1) is 12.9. The number of aromatic nitrogens is 1. The summed E-state index contributed by atoms with van der Waals surface area (Å²) in [6, 6.07) is 15.9. The molecule has 3 aromatic rings. The van der Waals surface area contributed by atoms with Crippen LogP contribution < -0.4 is 10.5 Å². The van der Waals surface area contributed by atoms with Crippen molar-refractivity contribution < 1.29 is 14.6 Å². The van der Waals surface area contributed by atoms with E-state index in [0.29, 0.717) is 28.1 Å². The van der Waals surface area contributed by atoms with Crippen molar-refractivity contribution in [2.75, 3.05) is 5.73 Å². The normalized spacial score (nSPS) is 10.5. The van der Waals surface area contributed by atoms with E-state index in [2.05, 4.69) is 4.98 Å². The maximum atomic E-state index is 11.0. The number of aromatic carboxylic acids is 1. The number of rotatable bonds is 3. The molecule has 5 heteroatoms. The number of hydrogen-bond donors (Lipinski definition) is 2. The van der Waals surface area contributed by atoms with Crippen LogP contribution in [0.5, 0.6) is 11.5 Å². The summed E-state index contributed by atoms with van der Waals surface area (Å²) in [5.74, 6) is 0.226. The number of nitrogens with two attached hydrogens (primary N) is 1. The number of fused-ring (bicyclic) bond motifs is 1. The minimum Gasteiger partial charge on any atom is -0.477 e. The van der Waals surface area contributed by atoms with E-state index in [4.69, 9.17) is 15.6 Å². The second-order valence-corrected chi connectivity index (χ2v) is 4.50. The van der Waals surface area contributed by atoms with Crippen LogP contribution in [0, 0.1) is 0 Å². The monoisotopic (exact) mass is 280 g/mol. The molecular formula is C16H12N2O3. The summed E-state index contributed by atoms with van der Waals surface area (Å²) in [4.78, 5) is 15.0. The Morgan fingerprint density at radius 2 is 1.81 bits per heavy atom. The molecule has 0 saturated carbocycles. The van der Waals surface area contributed by atoms with E-state index in [0.717, 1.165) is 0 Å². The molecule has 0 fully saturated rings. The molecule has 3 rings (SSSR count). The molecule has 0 aliphatic rings. The molecular weight excluding hydrogens is 268 g/mol. The highest BCUT2D eigenvalue weighted by atomic mass is 16.5. The van der Waals surface area contributed by atoms with Crippen LogP contribution in [0.2, 0.25) is 0 Å². The van der Waals surface area contributed by atoms with Crippen LogP contribution >= 0.6 is 0 Å². The van der Waals surface area contributed by atoms with Gasteiger partial charge in [-0.25, -0.2) is 9.78 Å². The molecule has 1 aromatic heterocycles. The molecule has 0 saturated heterocycles. The minimum absolute atomic E-state index is 0.0725. The number of carboxylic acids is 1. The van der Waals surface area contributed by atoms with E-state index in [1.807, 2.05) is 30.3 Å². The van der Waals surface area contributed by atoms with Crippen LogP contribution in [-0.2, 0) is 0 Å². The number of benzene rings is 2. The first-order valence-electron chi connectivity index (χ1n) is 6.30. The molecule has 104 valence electrons. The second-order valence-electron chi connectivity index (χ2n) is 4.50. The number of para-hydroxylation sites is 1. The predicted octanol–water partition coefficient (Wildman–Crippen LogP) is 3.31. The second kappa shape index (κ2) is 5.13. The van der Waals surface area contributed by atoms with E-state index in [9.17, 15) is 4.79 Å². The van der Waals surface area contributed by atoms with E-state index in [-0.39, 0.29) is 5.69 Å². The SMILES string of the molecule is Nc1cc(C(=O)O)nc2ccc(Oc3ccccc3)cc12. The Balaban J connectivity index is 2.02. The molecule has 21 heavy (non-hydrogen) atoms. The highest BCUT2D eigenvalue weighted by Gasteiger charge is 2.10. The van der Waals surface area contributed by atoms with Gasteiger partial charge in [0, 0.05) is 11.1 Å². The van der Waals surface area contributed by atoms with Gasteiger partial charge in [0.15, 0.2) is 5.69 Å². The lowest BCUT2D eigenvalue weighted by molar-refractivity contribution is 0.0691. The Hall–Kier alpha value is -3.08. The van der Waals surface area contributed by atoms with Crippen LogP contribution in [0.4, 0.5) is 5.69 Å². The number of carbonyl (C=O) groups is 1. The maximum absolute atomic E-state index is 11.0. The zero-order valence-corrected chi connectivity index (χ0v) is 11.0. The first-order chi connectivity index (χ1) is 10.1. The molecule has 3 N–H and O–H groups in total. The number of nitrogens with zero attached hydrogens (tertiary/aromatic N) is 1. The van der Waals surface area contributed by atoms with Crippen LogP contribution in [0.25, 0.3) is 10.9 Å². The summed E-state index contributed by atoms with van der Waals surface area (Å²) in [6.45, 7) is 0. The van der Waals surface area contributed by atoms with E-state index >= 15 is 0 Å². The average molecular weight is 280 g/mol. The topological polar surface area (TPSA) is 85.4 Å². The number of anilines is 1. The fourth-order valence-electron chi connectivity index (χ4n) is 2.03. The number of pyridine rings is 1. The van der Waals surface area contributed by atoms with Crippen LogP contribution in [0.15, 0.2) is 54.6 Å². The number of carboxylic acid groups (broad SMARTS) is 1. The highest BCUT2D eigenvalue weighted by molar-refractivity contribution is 5.96. The van der Waals surface area contributed by atoms with Gasteiger partial charge in [0.2, 0.25) is 0 Å². The number of ether oxygens (including phenoxy) is 1. The lowest BCUT2D eigenvalue weighted by atomic mass is 10.1. The van der Waals surface area contributed by atoms with Gasteiger partial charge in [-0.3, -0.25) is 0 Å². The Labute approximate surface area is 120 Å². The molecule has 0 unspecified atom stereocenters. The van der Waals surface area contributed by atoms with E-state index in [1.165, 1.54) is 6.07 Å². The van der Waals surface area contributed by atoms with Gasteiger partial charge in [-0.15, -0.1) is 0 Å². The van der Waals surface area contributed by atoms with Gasteiger partial charge in [0.25, 0.3) is 0 Å². The lowest BCUT2D eigenvalue weighted by Gasteiger charge is -2.08. The van der Waals surface area contributed by atoms with Crippen molar-refractivity contribution >= 4 is 22.6 Å². The number of nitrogen functional groups attached to an aromatic ring is 1. The fraction of sp³-hybridized carbons (Fsp3) is 0. The van der Waals surface area contributed by atoms with Gasteiger partial charge in [0.05, 0.1) is 5.52 Å². The first-order valence-corrected chi connectivity index (χ1v) is 6.30. The van der Waals surface area contributed by atoms with Gasteiger partial charge in [0.1, 0.15) is 11.5 Å². The molecule has 0 aliphatic heterocycles. The molecule has 1 heterocycles. The van der Waals surface area contributed by atoms with Crippen molar-refractivity contribution in [3.05, 3.63) is 60.3 Å². The summed E-state index contributed by atoms with van der Waals surface area (Å²) >= 11 is 0. The Bertz CT molecular complexity index is 816. The van der Waals surface area contributed by atoms with Gasteiger partial charge in [-0.2, -0.15) is 0 Å². The molecule has 2 aromatic carbocycles. The summed E-state index contributed by atoms with van der Waals surface area (Å²) in [6.07, 6.45) is 0. The maximum Gasteiger partial charge on any atom is 0.354 e. The van der Waals surface area contributed by atoms with Crippen LogP contribution in [-0.4, -0.2) is 16.1 Å². The van der Waals surface area contributed by atoms with Crippen molar-refractivity contribution in [1.82, 2.24) is 4.98 Å². The fourth-order valence-corrected chi connectivity index (χ4v) is 2.03. The average Bonchev–Trinajstić information content (AvgIpc) is 2.48. The van der Waals surface area contributed by atoms with Crippen molar-refractivity contribution in [3.63, 3.8) is 0 Å². The summed E-state index contributed by atoms with van der Waals surface area (Å²) in [7, 11) is 0. The largest absolute Gasteiger partial charge is 0.477 e. The van der Waals surface area contributed by atoms with Crippen LogP contribution in [0.1, 0.15) is 10.5 Å². The van der Waals surface area contributed by atoms with Gasteiger partial charge >= 0.3 is 5.97 Å². The minimum atomic E-state index is -1.10. The van der Waals surface area contributed by atoms with E-state index < -0.39 is 5.97 Å². The van der Waals surface area contributed by atoms with Crippen molar-refractivity contribution in [2.24, 2.45) is 0 Å². The van der Waals surface area contributed by atoms with E-state index in [1.54, 1.807) is 18.2 Å². The molecule has 0 amide bonds. The molecule has 0 radical (unpaired) electrons. The quantitative estimate of drug-likeness (QED) is 0.768. The zero-order chi connectivity index (χ0) is 14.8. The molecule has 0 aliphatic carbocycles.